The fraction of sp³-hybridized carbons (Fsp3) is 0. The molecule has 0 heterocycles. The first kappa shape index (κ1) is 10.4. The molecular formula is H3AsLaO4. The van der Waals surface area contributed by atoms with Gasteiger partial charge in [0.15, 0.2) is 0 Å². The third-order valence-corrected chi connectivity index (χ3v) is 0. The van der Waals surface area contributed by atoms with Crippen molar-refractivity contribution >= 4 is 14.5 Å². The minimum absolute atomic E-state index is 0. The normalized spacial score (nSPS) is 9.83. The SMILES string of the molecule is O=[As](O)(O)O.[La]. The maximum absolute atomic E-state index is 8.94. The summed E-state index contributed by atoms with van der Waals surface area (Å²) in [4.78, 5) is 0. The summed E-state index contributed by atoms with van der Waals surface area (Å²) < 4.78 is 30.7. The first-order valence-corrected chi connectivity index (χ1v) is 4.07. The van der Waals surface area contributed by atoms with E-state index in [-0.39, 0.29) is 35.6 Å². The summed E-state index contributed by atoms with van der Waals surface area (Å²) in [6.07, 6.45) is 0. The zero-order valence-electron chi connectivity index (χ0n) is 2.77. The van der Waals surface area contributed by atoms with Gasteiger partial charge in [0.2, 0.25) is 0 Å². The van der Waals surface area contributed by atoms with Crippen LogP contribution in [0.15, 0.2) is 0 Å². The average molecular weight is 281 g/mol. The maximum Gasteiger partial charge on any atom is 0 e. The van der Waals surface area contributed by atoms with Gasteiger partial charge >= 0.3 is 30.5 Å². The largest absolute Gasteiger partial charge is 0 e. The molecule has 1 radical (unpaired) electrons. The van der Waals surface area contributed by atoms with Crippen molar-refractivity contribution < 1.29 is 51.6 Å². The molecule has 3 N–H and O–H groups in total. The molecule has 0 spiro atoms. The van der Waals surface area contributed by atoms with E-state index >= 15 is 0 Å². The van der Waals surface area contributed by atoms with Crippen molar-refractivity contribution in [3.63, 3.8) is 0 Å². The molecule has 0 saturated heterocycles. The van der Waals surface area contributed by atoms with Crippen LogP contribution in [-0.2, 0) is 3.74 Å². The summed E-state index contributed by atoms with van der Waals surface area (Å²) in [6, 6.07) is 0. The van der Waals surface area contributed by atoms with Crippen LogP contribution in [0.2, 0.25) is 0 Å². The topological polar surface area (TPSA) is 77.8 Å². The molecule has 0 aromatic rings. The third-order valence-electron chi connectivity index (χ3n) is 0. The van der Waals surface area contributed by atoms with Crippen molar-refractivity contribution in [1.29, 1.82) is 0 Å². The van der Waals surface area contributed by atoms with Crippen LogP contribution in [0.5, 0.6) is 0 Å². The summed E-state index contributed by atoms with van der Waals surface area (Å²) in [7, 11) is 0. The Morgan fingerprint density at radius 2 is 1.17 bits per heavy atom. The maximum atomic E-state index is 8.94. The Labute approximate surface area is 65.5 Å². The number of hydrogen-bond acceptors (Lipinski definition) is 1. The Morgan fingerprint density at radius 3 is 1.17 bits per heavy atom. The van der Waals surface area contributed by atoms with Gasteiger partial charge in [-0.25, -0.2) is 0 Å². The van der Waals surface area contributed by atoms with Crippen molar-refractivity contribution in [1.82, 2.24) is 0 Å². The molecule has 6 heavy (non-hydrogen) atoms. The monoisotopic (exact) mass is 281 g/mol. The van der Waals surface area contributed by atoms with E-state index in [0.29, 0.717) is 0 Å². The van der Waals surface area contributed by atoms with E-state index in [1.54, 1.807) is 0 Å². The second-order valence-electron chi connectivity index (χ2n) is 0.513. The molecule has 0 aliphatic carbocycles. The predicted molar refractivity (Wildman–Crippen MR) is 13.1 cm³/mol. The van der Waals surface area contributed by atoms with E-state index in [1.165, 1.54) is 0 Å². The second-order valence-corrected chi connectivity index (χ2v) is 2.67. The predicted octanol–water partition coefficient (Wildman–Crippen LogP) is -2.17. The van der Waals surface area contributed by atoms with Gasteiger partial charge in [-0.3, -0.25) is 0 Å². The molecule has 0 saturated carbocycles. The van der Waals surface area contributed by atoms with Gasteiger partial charge < -0.3 is 0 Å². The number of rotatable bonds is 0. The molecule has 0 rings (SSSR count). The van der Waals surface area contributed by atoms with Crippen molar-refractivity contribution in [2.24, 2.45) is 0 Å². The first-order valence-electron chi connectivity index (χ1n) is 0.783. The fourth-order valence-electron chi connectivity index (χ4n) is 0. The molecule has 6 heteroatoms. The van der Waals surface area contributed by atoms with Gasteiger partial charge in [-0.15, -0.1) is 0 Å². The molecule has 0 aromatic heterocycles. The van der Waals surface area contributed by atoms with Crippen LogP contribution in [0.25, 0.3) is 0 Å². The molecule has 0 fully saturated rings. The van der Waals surface area contributed by atoms with Gasteiger partial charge in [0, 0.05) is 35.6 Å². The van der Waals surface area contributed by atoms with Crippen LogP contribution in [-0.4, -0.2) is 26.8 Å². The molecule has 0 aliphatic rings. The van der Waals surface area contributed by atoms with Gasteiger partial charge in [0.25, 0.3) is 0 Å². The second kappa shape index (κ2) is 3.44. The van der Waals surface area contributed by atoms with E-state index in [1.807, 2.05) is 0 Å². The van der Waals surface area contributed by atoms with Crippen LogP contribution >= 0.6 is 0 Å². The van der Waals surface area contributed by atoms with E-state index < -0.39 is 14.5 Å². The van der Waals surface area contributed by atoms with E-state index in [0.717, 1.165) is 0 Å². The van der Waals surface area contributed by atoms with Crippen molar-refractivity contribution in [3.8, 4) is 0 Å². The number of hydrogen-bond donors (Lipinski definition) is 3. The molecule has 0 bridgehead atoms. The summed E-state index contributed by atoms with van der Waals surface area (Å²) >= 11 is -5.12. The minimum atomic E-state index is -5.12. The Balaban J connectivity index is 0. The van der Waals surface area contributed by atoms with Crippen LogP contribution in [0, 0.1) is 35.6 Å². The Bertz CT molecular complexity index is 53.7. The van der Waals surface area contributed by atoms with Crippen LogP contribution in [0.1, 0.15) is 0 Å². The molecular weight excluding hydrogens is 278 g/mol. The Morgan fingerprint density at radius 1 is 1.17 bits per heavy atom. The van der Waals surface area contributed by atoms with Gasteiger partial charge in [0.1, 0.15) is 0 Å². The molecule has 35 valence electrons. The summed E-state index contributed by atoms with van der Waals surface area (Å²) in [5.41, 5.74) is 0. The van der Waals surface area contributed by atoms with Crippen LogP contribution in [0.4, 0.5) is 0 Å². The van der Waals surface area contributed by atoms with Gasteiger partial charge in [0.05, 0.1) is 0 Å². The van der Waals surface area contributed by atoms with E-state index in [4.69, 9.17) is 16.0 Å². The van der Waals surface area contributed by atoms with E-state index in [9.17, 15) is 0 Å². The standard InChI is InChI=1S/AsH3O4.La/c2-1(3,4)5;/h(H3,2,3,4,5);. The van der Waals surface area contributed by atoms with Gasteiger partial charge in [-0.05, 0) is 0 Å². The molecule has 4 nitrogen and oxygen atoms in total. The van der Waals surface area contributed by atoms with Gasteiger partial charge in [-0.1, -0.05) is 0 Å². The molecule has 0 amide bonds. The van der Waals surface area contributed by atoms with Crippen molar-refractivity contribution in [2.75, 3.05) is 0 Å². The Kier molecular flexibility index (Phi) is 5.97. The molecule has 0 aliphatic heterocycles. The Hall–Kier alpha value is 1.43. The smallest absolute Gasteiger partial charge is 0 e. The van der Waals surface area contributed by atoms with Crippen LogP contribution in [0.3, 0.4) is 0 Å². The zero-order chi connectivity index (χ0) is 4.50. The quantitative estimate of drug-likeness (QED) is 0.442. The first-order chi connectivity index (χ1) is 2.00. The van der Waals surface area contributed by atoms with Crippen LogP contribution < -0.4 is 0 Å². The van der Waals surface area contributed by atoms with Crippen molar-refractivity contribution in [3.05, 3.63) is 0 Å². The molecule has 0 atom stereocenters. The minimum Gasteiger partial charge on any atom is 0 e. The van der Waals surface area contributed by atoms with Crippen molar-refractivity contribution in [2.45, 2.75) is 0 Å². The molecule has 0 unspecified atom stereocenters. The summed E-state index contributed by atoms with van der Waals surface area (Å²) in [5, 5.41) is 0. The zero-order valence-corrected chi connectivity index (χ0v) is 8.28. The third kappa shape index (κ3) is 52.0. The van der Waals surface area contributed by atoms with Gasteiger partial charge in [-0.2, -0.15) is 0 Å². The molecule has 0 aromatic carbocycles. The average Bonchev–Trinajstić information content (AvgIpc) is 0.722. The fourth-order valence-corrected chi connectivity index (χ4v) is 0. The summed E-state index contributed by atoms with van der Waals surface area (Å²) in [5.74, 6) is 0. The summed E-state index contributed by atoms with van der Waals surface area (Å²) in [6.45, 7) is 0. The van der Waals surface area contributed by atoms with E-state index in [2.05, 4.69) is 0 Å².